The number of hydrogen-bond donors (Lipinski definition) is 2. The molecule has 214 valence electrons. The molecule has 0 bridgehead atoms. The van der Waals surface area contributed by atoms with Crippen molar-refractivity contribution in [2.24, 2.45) is 0 Å². The zero-order valence-corrected chi connectivity index (χ0v) is 23.8. The maximum atomic E-state index is 15.1. The summed E-state index contributed by atoms with van der Waals surface area (Å²) in [6.45, 7) is 3.90. The average Bonchev–Trinajstić information content (AvgIpc) is 3.61. The van der Waals surface area contributed by atoms with Crippen LogP contribution in [0.25, 0.3) is 22.3 Å². The molecule has 0 aliphatic carbocycles. The van der Waals surface area contributed by atoms with Gasteiger partial charge in [0.05, 0.1) is 30.1 Å². The first-order valence-electron chi connectivity index (χ1n) is 13.7. The maximum Gasteiger partial charge on any atom is 0.229 e. The summed E-state index contributed by atoms with van der Waals surface area (Å²) in [5, 5.41) is 17.9. The van der Waals surface area contributed by atoms with Crippen LogP contribution in [0.15, 0.2) is 42.9 Å². The maximum absolute atomic E-state index is 15.1. The van der Waals surface area contributed by atoms with E-state index in [1.165, 1.54) is 10.4 Å². The van der Waals surface area contributed by atoms with Crippen molar-refractivity contribution in [2.45, 2.75) is 37.6 Å². The van der Waals surface area contributed by atoms with Gasteiger partial charge in [-0.05, 0) is 69.6 Å². The summed E-state index contributed by atoms with van der Waals surface area (Å²) in [6, 6.07) is 9.25. The number of nitrogens with one attached hydrogen (secondary N) is 2. The number of aromatic nitrogens is 5. The van der Waals surface area contributed by atoms with Gasteiger partial charge in [0, 0.05) is 42.1 Å². The third-order valence-corrected chi connectivity index (χ3v) is 10.1. The van der Waals surface area contributed by atoms with Crippen molar-refractivity contribution in [3.8, 4) is 17.3 Å². The highest BCUT2D eigenvalue weighted by Gasteiger charge is 2.49. The predicted octanol–water partition coefficient (Wildman–Crippen LogP) is 3.79. The average molecular weight is 578 g/mol. The fourth-order valence-electron chi connectivity index (χ4n) is 5.78. The summed E-state index contributed by atoms with van der Waals surface area (Å²) in [4.78, 5) is 14.7. The Morgan fingerprint density at radius 3 is 2.71 bits per heavy atom. The number of H-pyrrole nitrogens is 1. The minimum Gasteiger partial charge on any atom is -0.346 e. The molecule has 5 heterocycles. The highest BCUT2D eigenvalue weighted by molar-refractivity contribution is 7.89. The van der Waals surface area contributed by atoms with Crippen molar-refractivity contribution in [3.05, 3.63) is 54.2 Å². The number of aromatic amines is 1. The summed E-state index contributed by atoms with van der Waals surface area (Å²) in [6.07, 6.45) is 7.22. The summed E-state index contributed by atoms with van der Waals surface area (Å²) < 4.78 is 42.9. The van der Waals surface area contributed by atoms with Crippen LogP contribution in [0.5, 0.6) is 0 Å². The minimum absolute atomic E-state index is 0.00692. The van der Waals surface area contributed by atoms with Crippen LogP contribution >= 0.6 is 0 Å². The lowest BCUT2D eigenvalue weighted by Gasteiger charge is -2.47. The van der Waals surface area contributed by atoms with E-state index in [4.69, 9.17) is 4.98 Å². The van der Waals surface area contributed by atoms with Gasteiger partial charge < -0.3 is 15.2 Å². The Morgan fingerprint density at radius 2 is 2.00 bits per heavy atom. The molecule has 11 nitrogen and oxygen atoms in total. The molecule has 1 aromatic carbocycles. The summed E-state index contributed by atoms with van der Waals surface area (Å²) in [5.41, 5.74) is 2.45. The number of benzene rings is 1. The largest absolute Gasteiger partial charge is 0.346 e. The van der Waals surface area contributed by atoms with Gasteiger partial charge in [-0.2, -0.15) is 19.6 Å². The highest BCUT2D eigenvalue weighted by Crippen LogP contribution is 2.36. The topological polar surface area (TPSA) is 136 Å². The zero-order valence-electron chi connectivity index (χ0n) is 23.0. The van der Waals surface area contributed by atoms with E-state index in [1.807, 2.05) is 18.2 Å². The van der Waals surface area contributed by atoms with Gasteiger partial charge >= 0.3 is 0 Å². The first-order valence-corrected chi connectivity index (χ1v) is 15.3. The van der Waals surface area contributed by atoms with Gasteiger partial charge in [-0.15, -0.1) is 0 Å². The second kappa shape index (κ2) is 10.5. The van der Waals surface area contributed by atoms with E-state index in [1.54, 1.807) is 30.2 Å². The van der Waals surface area contributed by atoms with Crippen LogP contribution in [0.3, 0.4) is 0 Å². The lowest BCUT2D eigenvalue weighted by Crippen LogP contribution is -2.64. The molecule has 2 saturated heterocycles. The third-order valence-electron chi connectivity index (χ3n) is 8.28. The number of anilines is 2. The first-order chi connectivity index (χ1) is 19.7. The number of rotatable bonds is 8. The number of piperidine rings is 1. The summed E-state index contributed by atoms with van der Waals surface area (Å²) >= 11 is 0. The quantitative estimate of drug-likeness (QED) is 0.323. The smallest absolute Gasteiger partial charge is 0.229 e. The standard InChI is InChI=1S/C28H32FN9O2S/c1-3-41(39,40)37-17-28(18-37,9-10-30)38-16-20(15-32-38)25-23-6-11-31-26(23)35-27(34-25)33-21-4-5-22(24(29)14-21)19-7-12-36(2)13-8-19/h4-6,11,14-16,19H,3,7-9,12-13,17-18H2,1-2H3,(H2,31,33,34,35). The molecular weight excluding hydrogens is 545 g/mol. The summed E-state index contributed by atoms with van der Waals surface area (Å²) in [5.74, 6) is 0.274. The second-order valence-electron chi connectivity index (χ2n) is 11.0. The Balaban J connectivity index is 1.27. The SMILES string of the molecule is CCS(=O)(=O)N1CC(CC#N)(n2cc(-c3nc(Nc4ccc(C5CCN(C)CC5)c(F)c4)nc4[nH]ccc34)cn2)C1. The number of hydrogen-bond acceptors (Lipinski definition) is 8. The molecule has 0 amide bonds. The number of sulfonamides is 1. The van der Waals surface area contributed by atoms with Crippen LogP contribution in [0.1, 0.15) is 37.7 Å². The van der Waals surface area contributed by atoms with Crippen LogP contribution in [0.4, 0.5) is 16.0 Å². The molecule has 2 fully saturated rings. The minimum atomic E-state index is -3.35. The van der Waals surface area contributed by atoms with Gasteiger partial charge in [0.15, 0.2) is 0 Å². The molecule has 0 atom stereocenters. The van der Waals surface area contributed by atoms with Crippen molar-refractivity contribution < 1.29 is 12.8 Å². The molecule has 13 heteroatoms. The van der Waals surface area contributed by atoms with E-state index in [0.717, 1.165) is 36.9 Å². The molecule has 2 aliphatic heterocycles. The second-order valence-corrected chi connectivity index (χ2v) is 13.2. The van der Waals surface area contributed by atoms with Crippen molar-refractivity contribution in [1.82, 2.24) is 33.9 Å². The predicted molar refractivity (Wildman–Crippen MR) is 154 cm³/mol. The molecule has 41 heavy (non-hydrogen) atoms. The van der Waals surface area contributed by atoms with Crippen molar-refractivity contribution in [2.75, 3.05) is 44.3 Å². The zero-order chi connectivity index (χ0) is 28.8. The van der Waals surface area contributed by atoms with Crippen molar-refractivity contribution >= 4 is 32.7 Å². The molecule has 4 aromatic rings. The highest BCUT2D eigenvalue weighted by atomic mass is 32.2. The van der Waals surface area contributed by atoms with E-state index in [-0.39, 0.29) is 37.0 Å². The Morgan fingerprint density at radius 1 is 1.22 bits per heavy atom. The van der Waals surface area contributed by atoms with Gasteiger partial charge in [0.2, 0.25) is 16.0 Å². The molecule has 3 aromatic heterocycles. The van der Waals surface area contributed by atoms with Crippen molar-refractivity contribution in [3.63, 3.8) is 0 Å². The van der Waals surface area contributed by atoms with Crippen LogP contribution in [-0.4, -0.2) is 81.3 Å². The molecule has 0 unspecified atom stereocenters. The normalized spacial score (nSPS) is 18.3. The molecular formula is C28H32FN9O2S. The number of nitriles is 1. The number of likely N-dealkylation sites (tertiary alicyclic amines) is 1. The van der Waals surface area contributed by atoms with E-state index < -0.39 is 15.6 Å². The van der Waals surface area contributed by atoms with Crippen LogP contribution in [0, 0.1) is 17.1 Å². The molecule has 0 spiro atoms. The third kappa shape index (κ3) is 5.07. The van der Waals surface area contributed by atoms with Gasteiger partial charge in [0.1, 0.15) is 17.0 Å². The van der Waals surface area contributed by atoms with Crippen LogP contribution in [-0.2, 0) is 15.6 Å². The monoisotopic (exact) mass is 577 g/mol. The number of halogens is 1. The van der Waals surface area contributed by atoms with Gasteiger partial charge in [-0.1, -0.05) is 6.07 Å². The Labute approximate surface area is 238 Å². The molecule has 6 rings (SSSR count). The Hall–Kier alpha value is -3.86. The molecule has 0 saturated carbocycles. The molecule has 2 aliphatic rings. The molecule has 0 radical (unpaired) electrons. The van der Waals surface area contributed by atoms with E-state index >= 15 is 4.39 Å². The van der Waals surface area contributed by atoms with E-state index in [0.29, 0.717) is 28.5 Å². The molecule has 2 N–H and O–H groups in total. The van der Waals surface area contributed by atoms with Crippen LogP contribution in [0.2, 0.25) is 0 Å². The Bertz CT molecular complexity index is 1730. The fraction of sp³-hybridized carbons (Fsp3) is 0.429. The van der Waals surface area contributed by atoms with E-state index in [9.17, 15) is 13.7 Å². The number of nitrogens with zero attached hydrogens (tertiary/aromatic N) is 7. The summed E-state index contributed by atoms with van der Waals surface area (Å²) in [7, 11) is -1.27. The lowest BCUT2D eigenvalue weighted by molar-refractivity contribution is 0.0719. The number of fused-ring (bicyclic) bond motifs is 1. The van der Waals surface area contributed by atoms with Gasteiger partial charge in [0.25, 0.3) is 0 Å². The van der Waals surface area contributed by atoms with Crippen LogP contribution < -0.4 is 5.32 Å². The fourth-order valence-corrected chi connectivity index (χ4v) is 7.02. The van der Waals surface area contributed by atoms with Gasteiger partial charge in [-0.3, -0.25) is 4.68 Å². The van der Waals surface area contributed by atoms with E-state index in [2.05, 4.69) is 38.4 Å². The lowest BCUT2D eigenvalue weighted by atomic mass is 9.89. The Kier molecular flexibility index (Phi) is 7.01. The first kappa shape index (κ1) is 27.3. The van der Waals surface area contributed by atoms with Crippen molar-refractivity contribution in [1.29, 1.82) is 5.26 Å². The van der Waals surface area contributed by atoms with Gasteiger partial charge in [-0.25, -0.2) is 17.8 Å².